The fourth-order valence-corrected chi connectivity index (χ4v) is 10.6. The molecule has 1 heterocycles. The van der Waals surface area contributed by atoms with Crippen LogP contribution in [0.1, 0.15) is 316 Å². The van der Waals surface area contributed by atoms with Crippen molar-refractivity contribution in [3.63, 3.8) is 0 Å². The number of aliphatic hydroxyl groups excluding tert-OH is 5. The summed E-state index contributed by atoms with van der Waals surface area (Å²) in [6.07, 6.45) is 69.0. The highest BCUT2D eigenvalue weighted by atomic mass is 16.7. The average molecular weight is 1070 g/mol. The number of hydrogen-bond acceptors (Lipinski definition) is 8. The maximum atomic E-state index is 13.1. The van der Waals surface area contributed by atoms with Gasteiger partial charge < -0.3 is 40.3 Å². The molecule has 9 heteroatoms. The zero-order valence-corrected chi connectivity index (χ0v) is 49.8. The molecule has 9 nitrogen and oxygen atoms in total. The Morgan fingerprint density at radius 2 is 0.816 bits per heavy atom. The van der Waals surface area contributed by atoms with E-state index in [-0.39, 0.29) is 12.5 Å². The van der Waals surface area contributed by atoms with Crippen LogP contribution in [0.2, 0.25) is 0 Å². The van der Waals surface area contributed by atoms with Crippen LogP contribution in [0.15, 0.2) is 48.6 Å². The maximum Gasteiger partial charge on any atom is 0.220 e. The molecular weight excluding hydrogens is 947 g/mol. The van der Waals surface area contributed by atoms with Crippen LogP contribution in [-0.2, 0) is 14.3 Å². The maximum absolute atomic E-state index is 13.1. The quantitative estimate of drug-likeness (QED) is 0.0261. The molecule has 6 N–H and O–H groups in total. The fraction of sp³-hybridized carbons (Fsp3) is 0.866. The van der Waals surface area contributed by atoms with Gasteiger partial charge in [-0.3, -0.25) is 4.79 Å². The zero-order valence-electron chi connectivity index (χ0n) is 49.8. The molecule has 0 aromatic heterocycles. The molecule has 1 rings (SSSR count). The van der Waals surface area contributed by atoms with Gasteiger partial charge in [0.25, 0.3) is 0 Å². The third-order valence-electron chi connectivity index (χ3n) is 15.7. The Labute approximate surface area is 469 Å². The highest BCUT2D eigenvalue weighted by molar-refractivity contribution is 5.76. The summed E-state index contributed by atoms with van der Waals surface area (Å²) in [5.41, 5.74) is 0. The van der Waals surface area contributed by atoms with E-state index in [1.54, 1.807) is 0 Å². The largest absolute Gasteiger partial charge is 0.394 e. The number of rotatable bonds is 57. The minimum Gasteiger partial charge on any atom is -0.394 e. The van der Waals surface area contributed by atoms with Crippen molar-refractivity contribution in [1.29, 1.82) is 0 Å². The summed E-state index contributed by atoms with van der Waals surface area (Å²) in [6.45, 7) is 3.75. The number of allylic oxidation sites excluding steroid dienone is 8. The molecule has 446 valence electrons. The summed E-state index contributed by atoms with van der Waals surface area (Å²) in [6, 6.07) is -0.716. The Morgan fingerprint density at radius 3 is 1.21 bits per heavy atom. The normalized spacial score (nSPS) is 19.1. The van der Waals surface area contributed by atoms with Crippen molar-refractivity contribution in [2.75, 3.05) is 13.2 Å². The number of unbranched alkanes of at least 4 members (excludes halogenated alkanes) is 39. The highest BCUT2D eigenvalue weighted by Gasteiger charge is 2.44. The lowest BCUT2D eigenvalue weighted by atomic mass is 9.99. The van der Waals surface area contributed by atoms with Crippen molar-refractivity contribution in [3.8, 4) is 0 Å². The number of carbonyl (C=O) groups is 1. The lowest BCUT2D eigenvalue weighted by molar-refractivity contribution is -0.302. The Morgan fingerprint density at radius 1 is 0.461 bits per heavy atom. The molecule has 0 radical (unpaired) electrons. The summed E-state index contributed by atoms with van der Waals surface area (Å²) in [7, 11) is 0. The van der Waals surface area contributed by atoms with Crippen molar-refractivity contribution in [1.82, 2.24) is 5.32 Å². The van der Waals surface area contributed by atoms with Crippen molar-refractivity contribution < 1.29 is 39.8 Å². The summed E-state index contributed by atoms with van der Waals surface area (Å²) in [4.78, 5) is 13.1. The smallest absolute Gasteiger partial charge is 0.220 e. The van der Waals surface area contributed by atoms with Gasteiger partial charge in [-0.2, -0.15) is 0 Å². The van der Waals surface area contributed by atoms with E-state index < -0.39 is 49.5 Å². The lowest BCUT2D eigenvalue weighted by Gasteiger charge is -2.40. The highest BCUT2D eigenvalue weighted by Crippen LogP contribution is 2.24. The second-order valence-corrected chi connectivity index (χ2v) is 22.9. The Balaban J connectivity index is 2.02. The van der Waals surface area contributed by atoms with Crippen LogP contribution in [0, 0.1) is 0 Å². The van der Waals surface area contributed by atoms with Crippen LogP contribution in [0.25, 0.3) is 0 Å². The number of carbonyl (C=O) groups excluding carboxylic acids is 1. The first-order valence-corrected chi connectivity index (χ1v) is 32.8. The van der Waals surface area contributed by atoms with Crippen LogP contribution < -0.4 is 5.32 Å². The van der Waals surface area contributed by atoms with Crippen LogP contribution in [0.4, 0.5) is 0 Å². The third kappa shape index (κ3) is 44.9. The Hall–Kier alpha value is -1.85. The molecule has 1 amide bonds. The van der Waals surface area contributed by atoms with Crippen molar-refractivity contribution >= 4 is 5.91 Å². The number of nitrogens with one attached hydrogen (secondary N) is 1. The van der Waals surface area contributed by atoms with E-state index in [1.165, 1.54) is 225 Å². The number of aliphatic hydroxyl groups is 5. The minimum absolute atomic E-state index is 0.134. The minimum atomic E-state index is -1.55. The standard InChI is InChI=1S/C67H125NO8/c1-3-5-7-9-11-13-15-17-19-20-21-22-23-24-25-26-27-28-29-30-31-32-33-34-35-36-37-38-39-40-41-42-43-45-47-49-51-53-55-57-63(71)68-60(59-75-67-66(74)65(73)64(72)62(58-69)76-67)61(70)56-54-52-50-48-46-44-18-16-14-12-10-8-6-4-2/h5,7,11,13,17,19,21-22,60-62,64-67,69-70,72-74H,3-4,6,8-10,12,14-16,18,20,23-59H2,1-2H3,(H,68,71)/b7-5-,13-11-,19-17-,22-21-. The van der Waals surface area contributed by atoms with Gasteiger partial charge in [0.2, 0.25) is 5.91 Å². The van der Waals surface area contributed by atoms with Gasteiger partial charge in [0.15, 0.2) is 6.29 Å². The molecule has 1 fully saturated rings. The van der Waals surface area contributed by atoms with E-state index in [4.69, 9.17) is 9.47 Å². The second kappa shape index (κ2) is 56.4. The van der Waals surface area contributed by atoms with Crippen LogP contribution in [-0.4, -0.2) is 87.5 Å². The SMILES string of the molecule is CC/C=C\C/C=C\C/C=C\C/C=C\CCCCCCCCCCCCCCCCCCCCCCCCCCCCC(=O)NC(COC1OC(CO)C(O)C(O)C1O)C(O)CCCCCCCCCCCCCCCC. The molecule has 0 aliphatic carbocycles. The van der Waals surface area contributed by atoms with Crippen LogP contribution >= 0.6 is 0 Å². The van der Waals surface area contributed by atoms with E-state index in [2.05, 4.69) is 67.8 Å². The average Bonchev–Trinajstić information content (AvgIpc) is 3.42. The predicted octanol–water partition coefficient (Wildman–Crippen LogP) is 17.2. The van der Waals surface area contributed by atoms with Crippen LogP contribution in [0.5, 0.6) is 0 Å². The van der Waals surface area contributed by atoms with Gasteiger partial charge in [0.05, 0.1) is 25.4 Å². The first-order valence-electron chi connectivity index (χ1n) is 32.8. The molecule has 0 saturated carbocycles. The van der Waals surface area contributed by atoms with E-state index >= 15 is 0 Å². The molecule has 0 aromatic rings. The van der Waals surface area contributed by atoms with E-state index in [0.29, 0.717) is 12.8 Å². The first-order chi connectivity index (χ1) is 37.3. The molecule has 1 aliphatic heterocycles. The molecule has 7 unspecified atom stereocenters. The number of ether oxygens (including phenoxy) is 2. The number of amides is 1. The fourth-order valence-electron chi connectivity index (χ4n) is 10.6. The lowest BCUT2D eigenvalue weighted by Crippen LogP contribution is -2.60. The second-order valence-electron chi connectivity index (χ2n) is 22.9. The molecular formula is C67H125NO8. The van der Waals surface area contributed by atoms with E-state index in [9.17, 15) is 30.3 Å². The molecule has 76 heavy (non-hydrogen) atoms. The van der Waals surface area contributed by atoms with Crippen molar-refractivity contribution in [2.24, 2.45) is 0 Å². The van der Waals surface area contributed by atoms with E-state index in [0.717, 1.165) is 64.2 Å². The van der Waals surface area contributed by atoms with Crippen molar-refractivity contribution in [3.05, 3.63) is 48.6 Å². The topological polar surface area (TPSA) is 149 Å². The van der Waals surface area contributed by atoms with Gasteiger partial charge in [0.1, 0.15) is 24.4 Å². The summed E-state index contributed by atoms with van der Waals surface area (Å²) in [5, 5.41) is 54.7. The van der Waals surface area contributed by atoms with Gasteiger partial charge >= 0.3 is 0 Å². The van der Waals surface area contributed by atoms with Gasteiger partial charge in [-0.15, -0.1) is 0 Å². The van der Waals surface area contributed by atoms with E-state index in [1.807, 2.05) is 0 Å². The Kier molecular flexibility index (Phi) is 53.6. The van der Waals surface area contributed by atoms with Gasteiger partial charge in [-0.05, 0) is 51.4 Å². The summed E-state index contributed by atoms with van der Waals surface area (Å²) in [5.74, 6) is -0.139. The third-order valence-corrected chi connectivity index (χ3v) is 15.7. The zero-order chi connectivity index (χ0) is 55.0. The Bertz CT molecular complexity index is 1340. The van der Waals surface area contributed by atoms with Gasteiger partial charge in [0, 0.05) is 6.42 Å². The first kappa shape index (κ1) is 72.2. The van der Waals surface area contributed by atoms with Gasteiger partial charge in [-0.1, -0.05) is 306 Å². The molecule has 1 aliphatic rings. The molecule has 0 aromatic carbocycles. The van der Waals surface area contributed by atoms with Crippen LogP contribution in [0.3, 0.4) is 0 Å². The molecule has 0 bridgehead atoms. The van der Waals surface area contributed by atoms with Gasteiger partial charge in [-0.25, -0.2) is 0 Å². The predicted molar refractivity (Wildman–Crippen MR) is 323 cm³/mol. The monoisotopic (exact) mass is 1070 g/mol. The molecule has 0 spiro atoms. The summed E-state index contributed by atoms with van der Waals surface area (Å²) >= 11 is 0. The summed E-state index contributed by atoms with van der Waals surface area (Å²) < 4.78 is 11.3. The number of hydrogen-bond donors (Lipinski definition) is 6. The molecule has 7 atom stereocenters. The molecule has 1 saturated heterocycles. The van der Waals surface area contributed by atoms with Crippen molar-refractivity contribution in [2.45, 2.75) is 358 Å².